The van der Waals surface area contributed by atoms with Gasteiger partial charge in [-0.05, 0) is 47.1 Å². The number of nitro benzene ring substituents is 1. The molecule has 1 fully saturated rings. The predicted octanol–water partition coefficient (Wildman–Crippen LogP) is 4.58. The van der Waals surface area contributed by atoms with Crippen LogP contribution in [0.3, 0.4) is 0 Å². The van der Waals surface area contributed by atoms with Gasteiger partial charge in [-0.25, -0.2) is 14.4 Å². The largest absolute Gasteiger partial charge is 0.478 e. The van der Waals surface area contributed by atoms with Gasteiger partial charge in [-0.3, -0.25) is 19.7 Å². The minimum Gasteiger partial charge on any atom is -0.478 e. The van der Waals surface area contributed by atoms with Crippen molar-refractivity contribution in [2.75, 3.05) is 0 Å². The number of Topliss-reactive ketones (excluding diaryl/α,β-unsaturated/α-hetero) is 1. The van der Waals surface area contributed by atoms with Crippen LogP contribution in [-0.2, 0) is 14.3 Å². The van der Waals surface area contributed by atoms with E-state index in [2.05, 4.69) is 0 Å². The van der Waals surface area contributed by atoms with Gasteiger partial charge in [0.25, 0.3) is 5.69 Å². The zero-order valence-electron chi connectivity index (χ0n) is 28.7. The number of carboxylic acids is 1. The number of hydrogen-bond acceptors (Lipinski definition) is 9. The zero-order chi connectivity index (χ0) is 38.6. The van der Waals surface area contributed by atoms with Crippen LogP contribution >= 0.6 is 6.89 Å². The molecule has 0 spiro atoms. The summed E-state index contributed by atoms with van der Waals surface area (Å²) in [5.74, 6) is -5.80. The molecule has 0 radical (unpaired) electrons. The highest BCUT2D eigenvalue weighted by Crippen LogP contribution is 2.50. The van der Waals surface area contributed by atoms with Gasteiger partial charge in [0.1, 0.15) is 5.42 Å². The fourth-order valence-corrected chi connectivity index (χ4v) is 11.1. The number of non-ortho nitro benzene ring substituents is 1. The topological polar surface area (TPSA) is 181 Å². The van der Waals surface area contributed by atoms with Crippen molar-refractivity contribution in [3.05, 3.63) is 166 Å². The third kappa shape index (κ3) is 7.00. The van der Waals surface area contributed by atoms with E-state index in [0.717, 1.165) is 24.3 Å². The first kappa shape index (κ1) is 37.3. The predicted molar refractivity (Wildman–Crippen MR) is 202 cm³/mol. The summed E-state index contributed by atoms with van der Waals surface area (Å²) >= 11 is 0. The molecule has 13 heteroatoms. The SMILES string of the molecule is C[C@@H](O)[C@H]1C(=O)N(C(C(=O)OC(=O)c2ccc([N+](=O)[O-])cc2)=P(c2ccccc2)(c2ccccc2)c2ccccc2)[C@@H]1CC(=O)c1ccc(C(=O)O)cc1. The van der Waals surface area contributed by atoms with E-state index < -0.39 is 59.5 Å². The number of nitro groups is 1. The van der Waals surface area contributed by atoms with Crippen molar-refractivity contribution in [2.45, 2.75) is 25.5 Å². The third-order valence-electron chi connectivity index (χ3n) is 9.30. The molecule has 0 bridgehead atoms. The van der Waals surface area contributed by atoms with Crippen molar-refractivity contribution in [3.8, 4) is 0 Å². The Morgan fingerprint density at radius 2 is 1.19 bits per heavy atom. The summed E-state index contributed by atoms with van der Waals surface area (Å²) in [5.41, 5.74) is -0.552. The molecule has 2 N–H and O–H groups in total. The Morgan fingerprint density at radius 1 is 0.741 bits per heavy atom. The van der Waals surface area contributed by atoms with Gasteiger partial charge >= 0.3 is 17.9 Å². The van der Waals surface area contributed by atoms with Crippen molar-refractivity contribution in [3.63, 3.8) is 0 Å². The first-order valence-electron chi connectivity index (χ1n) is 16.8. The number of ether oxygens (including phenoxy) is 1. The Bertz CT molecular complexity index is 2190. The van der Waals surface area contributed by atoms with Crippen LogP contribution < -0.4 is 15.9 Å². The number of likely N-dealkylation sites (tertiary alicyclic amines) is 1. The van der Waals surface area contributed by atoms with E-state index in [9.17, 15) is 44.3 Å². The number of rotatable bonds is 12. The Balaban J connectivity index is 1.62. The van der Waals surface area contributed by atoms with Crippen LogP contribution in [0.4, 0.5) is 5.69 Å². The number of nitrogens with zero attached hydrogens (tertiary/aromatic N) is 2. The normalized spacial score (nSPS) is 15.7. The lowest BCUT2D eigenvalue weighted by atomic mass is 9.79. The molecular weight excluding hydrogens is 711 g/mol. The smallest absolute Gasteiger partial charge is 0.363 e. The Labute approximate surface area is 309 Å². The number of aliphatic hydroxyl groups is 1. The molecule has 3 atom stereocenters. The van der Waals surface area contributed by atoms with Crippen LogP contribution in [0, 0.1) is 16.0 Å². The van der Waals surface area contributed by atoms with Crippen molar-refractivity contribution in [1.82, 2.24) is 4.90 Å². The average molecular weight is 745 g/mol. The lowest BCUT2D eigenvalue weighted by molar-refractivity contribution is -0.384. The second-order valence-electron chi connectivity index (χ2n) is 12.5. The average Bonchev–Trinajstić information content (AvgIpc) is 3.18. The van der Waals surface area contributed by atoms with E-state index in [1.807, 2.05) is 0 Å². The van der Waals surface area contributed by atoms with Gasteiger partial charge in [0.15, 0.2) is 5.78 Å². The molecule has 0 aromatic heterocycles. The molecule has 5 aromatic carbocycles. The van der Waals surface area contributed by atoms with Crippen LogP contribution in [0.1, 0.15) is 44.4 Å². The molecule has 1 amide bonds. The van der Waals surface area contributed by atoms with Crippen LogP contribution in [0.25, 0.3) is 0 Å². The molecule has 5 aromatic rings. The van der Waals surface area contributed by atoms with Crippen LogP contribution in [0.2, 0.25) is 0 Å². The molecule has 0 unspecified atom stereocenters. The molecular formula is C41H33N2O10P. The van der Waals surface area contributed by atoms with Crippen LogP contribution in [0.15, 0.2) is 140 Å². The maximum Gasteiger partial charge on any atom is 0.363 e. The van der Waals surface area contributed by atoms with E-state index >= 15 is 0 Å². The molecule has 272 valence electrons. The second-order valence-corrected chi connectivity index (χ2v) is 15.8. The molecule has 0 aliphatic carbocycles. The number of esters is 2. The molecule has 6 rings (SSSR count). The monoisotopic (exact) mass is 744 g/mol. The lowest BCUT2D eigenvalue weighted by Crippen LogP contribution is -2.68. The zero-order valence-corrected chi connectivity index (χ0v) is 29.6. The Kier molecular flexibility index (Phi) is 10.8. The molecule has 1 saturated heterocycles. The first-order chi connectivity index (χ1) is 25.9. The summed E-state index contributed by atoms with van der Waals surface area (Å²) in [6.45, 7) is -2.12. The van der Waals surface area contributed by atoms with E-state index in [0.29, 0.717) is 15.9 Å². The Hall–Kier alpha value is -6.49. The van der Waals surface area contributed by atoms with Gasteiger partial charge in [-0.15, -0.1) is 0 Å². The van der Waals surface area contributed by atoms with Crippen molar-refractivity contribution in [2.24, 2.45) is 5.92 Å². The second kappa shape index (κ2) is 15.6. The van der Waals surface area contributed by atoms with E-state index in [1.165, 1.54) is 36.1 Å². The summed E-state index contributed by atoms with van der Waals surface area (Å²) in [4.78, 5) is 80.1. The number of ketones is 1. The summed E-state index contributed by atoms with van der Waals surface area (Å²) in [7, 11) is 0. The first-order valence-corrected chi connectivity index (χ1v) is 18.6. The van der Waals surface area contributed by atoms with Crippen LogP contribution in [-0.4, -0.2) is 67.2 Å². The van der Waals surface area contributed by atoms with E-state index in [-0.39, 0.29) is 34.2 Å². The lowest BCUT2D eigenvalue weighted by Gasteiger charge is -2.50. The molecule has 0 saturated carbocycles. The maximum atomic E-state index is 15.0. The van der Waals surface area contributed by atoms with Gasteiger partial charge in [-0.2, -0.15) is 0 Å². The fraction of sp³-hybridized carbons (Fsp3) is 0.122. The highest BCUT2D eigenvalue weighted by Gasteiger charge is 2.56. The summed E-state index contributed by atoms with van der Waals surface area (Å²) in [6.07, 6.45) is -1.63. The number of carboxylic acid groups (broad SMARTS) is 1. The third-order valence-corrected chi connectivity index (χ3v) is 13.5. The van der Waals surface area contributed by atoms with Gasteiger partial charge < -0.3 is 19.8 Å². The van der Waals surface area contributed by atoms with E-state index in [1.54, 1.807) is 91.0 Å². The minimum atomic E-state index is -3.53. The maximum absolute atomic E-state index is 15.0. The highest BCUT2D eigenvalue weighted by atomic mass is 31.2. The quantitative estimate of drug-likeness (QED) is 0.0349. The van der Waals surface area contributed by atoms with Gasteiger partial charge in [0.2, 0.25) is 5.91 Å². The van der Waals surface area contributed by atoms with Gasteiger partial charge in [0, 0.05) is 31.0 Å². The molecule has 1 heterocycles. The summed E-state index contributed by atoms with van der Waals surface area (Å²) in [6, 6.07) is 35.5. The standard InChI is InChI=1S/C41H33N2O10P/c1-26(44)36-34(25-35(45)27-17-19-28(20-18-27)39(47)48)42(37(36)46)38(41(50)53-40(49)29-21-23-30(24-22-29)43(51)52)54(31-11-5-2-6-12-31,32-13-7-3-8-14-32)33-15-9-4-10-16-33/h2-24,26,34,36,44H,25H2,1H3,(H,47,48)/t26-,34-,36-/m1/s1. The summed E-state index contributed by atoms with van der Waals surface area (Å²) in [5, 5.41) is 33.3. The Morgan fingerprint density at radius 3 is 1.61 bits per heavy atom. The number of aromatic carboxylic acids is 1. The number of carbonyl (C=O) groups excluding carboxylic acids is 4. The van der Waals surface area contributed by atoms with Gasteiger partial charge in [-0.1, -0.05) is 103 Å². The number of amides is 1. The number of benzene rings is 5. The molecule has 1 aliphatic heterocycles. The number of aliphatic hydroxyl groups excluding tert-OH is 1. The summed E-state index contributed by atoms with van der Waals surface area (Å²) < 4.78 is 5.59. The highest BCUT2D eigenvalue weighted by molar-refractivity contribution is 7.96. The molecule has 54 heavy (non-hydrogen) atoms. The minimum absolute atomic E-state index is 0.0342. The van der Waals surface area contributed by atoms with E-state index in [4.69, 9.17) is 4.74 Å². The van der Waals surface area contributed by atoms with Crippen molar-refractivity contribution >= 4 is 63.5 Å². The molecule has 1 aliphatic rings. The van der Waals surface area contributed by atoms with Crippen molar-refractivity contribution in [1.29, 1.82) is 0 Å². The number of carbonyl (C=O) groups is 5. The fourth-order valence-electron chi connectivity index (χ4n) is 6.75. The van der Waals surface area contributed by atoms with Crippen LogP contribution in [0.5, 0.6) is 0 Å². The number of β-lactam (4-membered cyclic amide) rings is 1. The van der Waals surface area contributed by atoms with Crippen molar-refractivity contribution < 1.29 is 43.8 Å². The van der Waals surface area contributed by atoms with Gasteiger partial charge in [0.05, 0.1) is 34.1 Å². The molecule has 12 nitrogen and oxygen atoms in total. The number of hydrogen-bond donors (Lipinski definition) is 2.